The fourth-order valence-corrected chi connectivity index (χ4v) is 4.78. The first-order chi connectivity index (χ1) is 17.8. The van der Waals surface area contributed by atoms with Gasteiger partial charge in [-0.15, -0.1) is 0 Å². The monoisotopic (exact) mass is 512 g/mol. The van der Waals surface area contributed by atoms with Crippen LogP contribution in [-0.2, 0) is 20.7 Å². The number of benzene rings is 3. The standard InChI is InChI=1S/C27H20F4N2O4/c1-36-27(35)20-11-16-15-9-5-6-10-19(15)32-24(16)25(14-7-3-2-4-8-14)33(20)21(34)13-37-26-22(30)17(28)12-18(29)23(26)31/h2-10,12,20,25,32H,11,13H2,1H3/t20-,25?/m1/s1. The lowest BCUT2D eigenvalue weighted by Gasteiger charge is -2.40. The average Bonchev–Trinajstić information content (AvgIpc) is 3.29. The zero-order valence-corrected chi connectivity index (χ0v) is 19.4. The van der Waals surface area contributed by atoms with Gasteiger partial charge in [0.25, 0.3) is 5.91 Å². The van der Waals surface area contributed by atoms with E-state index >= 15 is 0 Å². The first-order valence-electron chi connectivity index (χ1n) is 11.3. The Kier molecular flexibility index (Phi) is 6.32. The predicted octanol–water partition coefficient (Wildman–Crippen LogP) is 4.82. The summed E-state index contributed by atoms with van der Waals surface area (Å²) in [5.41, 5.74) is 2.90. The number of methoxy groups -OCH3 is 1. The number of carbonyl (C=O) groups is 2. The van der Waals surface area contributed by atoms with Crippen molar-refractivity contribution in [1.82, 2.24) is 9.88 Å². The van der Waals surface area contributed by atoms with E-state index in [9.17, 15) is 27.2 Å². The number of hydrogen-bond donors (Lipinski definition) is 1. The number of H-pyrrole nitrogens is 1. The summed E-state index contributed by atoms with van der Waals surface area (Å²) in [4.78, 5) is 31.0. The number of hydrogen-bond acceptors (Lipinski definition) is 4. The van der Waals surface area contributed by atoms with Gasteiger partial charge in [-0.2, -0.15) is 8.78 Å². The number of nitrogens with zero attached hydrogens (tertiary/aromatic N) is 1. The SMILES string of the molecule is COC(=O)[C@H]1Cc2c([nH]c3ccccc23)C(c2ccccc2)N1C(=O)COc1c(F)c(F)cc(F)c1F. The molecule has 5 rings (SSSR count). The molecule has 0 spiro atoms. The van der Waals surface area contributed by atoms with Crippen LogP contribution >= 0.6 is 0 Å². The van der Waals surface area contributed by atoms with Gasteiger partial charge in [0.1, 0.15) is 6.04 Å². The van der Waals surface area contributed by atoms with Crippen LogP contribution in [-0.4, -0.2) is 41.5 Å². The van der Waals surface area contributed by atoms with Crippen LogP contribution in [0.25, 0.3) is 10.9 Å². The van der Waals surface area contributed by atoms with E-state index in [4.69, 9.17) is 9.47 Å². The maximum Gasteiger partial charge on any atom is 0.328 e. The van der Waals surface area contributed by atoms with Crippen molar-refractivity contribution in [3.05, 3.63) is 101 Å². The number of fused-ring (bicyclic) bond motifs is 3. The molecule has 1 amide bonds. The third-order valence-electron chi connectivity index (χ3n) is 6.42. The molecule has 0 saturated heterocycles. The zero-order valence-electron chi connectivity index (χ0n) is 19.4. The van der Waals surface area contributed by atoms with Gasteiger partial charge in [-0.3, -0.25) is 4.79 Å². The molecule has 0 fully saturated rings. The summed E-state index contributed by atoms with van der Waals surface area (Å²) in [5.74, 6) is -9.80. The lowest BCUT2D eigenvalue weighted by Crippen LogP contribution is -2.53. The summed E-state index contributed by atoms with van der Waals surface area (Å²) in [7, 11) is 1.18. The number of rotatable bonds is 5. The lowest BCUT2D eigenvalue weighted by atomic mass is 9.88. The highest BCUT2D eigenvalue weighted by atomic mass is 19.2. The summed E-state index contributed by atoms with van der Waals surface area (Å²) < 4.78 is 65.5. The van der Waals surface area contributed by atoms with Crippen molar-refractivity contribution in [3.63, 3.8) is 0 Å². The molecule has 0 radical (unpaired) electrons. The van der Waals surface area contributed by atoms with Gasteiger partial charge in [-0.1, -0.05) is 48.5 Å². The van der Waals surface area contributed by atoms with E-state index < -0.39 is 59.6 Å². The van der Waals surface area contributed by atoms with Crippen molar-refractivity contribution in [3.8, 4) is 5.75 Å². The van der Waals surface area contributed by atoms with Crippen molar-refractivity contribution >= 4 is 22.8 Å². The van der Waals surface area contributed by atoms with Gasteiger partial charge < -0.3 is 19.4 Å². The van der Waals surface area contributed by atoms with Crippen molar-refractivity contribution in [1.29, 1.82) is 0 Å². The second-order valence-electron chi connectivity index (χ2n) is 8.51. The molecule has 1 aromatic heterocycles. The van der Waals surface area contributed by atoms with Crippen molar-refractivity contribution in [2.45, 2.75) is 18.5 Å². The van der Waals surface area contributed by atoms with Crippen LogP contribution < -0.4 is 4.74 Å². The van der Waals surface area contributed by atoms with E-state index in [1.54, 1.807) is 30.3 Å². The van der Waals surface area contributed by atoms with E-state index in [0.717, 1.165) is 16.5 Å². The topological polar surface area (TPSA) is 71.6 Å². The van der Waals surface area contributed by atoms with E-state index in [1.165, 1.54) is 12.0 Å². The van der Waals surface area contributed by atoms with Crippen LogP contribution in [0.4, 0.5) is 17.6 Å². The van der Waals surface area contributed by atoms with Gasteiger partial charge in [0.2, 0.25) is 11.6 Å². The molecule has 10 heteroatoms. The van der Waals surface area contributed by atoms with Gasteiger partial charge in [-0.05, 0) is 17.2 Å². The predicted molar refractivity (Wildman–Crippen MR) is 125 cm³/mol. The summed E-state index contributed by atoms with van der Waals surface area (Å²) in [6.07, 6.45) is 0.0956. The summed E-state index contributed by atoms with van der Waals surface area (Å²) >= 11 is 0. The average molecular weight is 512 g/mol. The van der Waals surface area contributed by atoms with E-state index in [2.05, 4.69) is 4.98 Å². The van der Waals surface area contributed by atoms with Crippen LogP contribution in [0.15, 0.2) is 60.7 Å². The minimum Gasteiger partial charge on any atom is -0.477 e. The molecule has 190 valence electrons. The lowest BCUT2D eigenvalue weighted by molar-refractivity contribution is -0.156. The maximum atomic E-state index is 14.1. The number of amides is 1. The molecule has 2 heterocycles. The molecule has 1 aliphatic rings. The highest BCUT2D eigenvalue weighted by molar-refractivity contribution is 5.91. The molecule has 1 unspecified atom stereocenters. The fourth-order valence-electron chi connectivity index (χ4n) is 4.78. The van der Waals surface area contributed by atoms with Crippen molar-refractivity contribution in [2.75, 3.05) is 13.7 Å². The molecule has 6 nitrogen and oxygen atoms in total. The first kappa shape index (κ1) is 24.4. The number of nitrogens with one attached hydrogen (secondary N) is 1. The van der Waals surface area contributed by atoms with Gasteiger partial charge >= 0.3 is 5.97 Å². The van der Waals surface area contributed by atoms with Crippen LogP contribution in [0.2, 0.25) is 0 Å². The summed E-state index contributed by atoms with van der Waals surface area (Å²) in [6.45, 7) is -0.997. The Bertz CT molecular complexity index is 1480. The Morgan fingerprint density at radius 2 is 1.62 bits per heavy atom. The Morgan fingerprint density at radius 1 is 0.973 bits per heavy atom. The summed E-state index contributed by atoms with van der Waals surface area (Å²) in [6, 6.07) is 14.4. The van der Waals surface area contributed by atoms with Crippen LogP contribution in [0.3, 0.4) is 0 Å². The molecular formula is C27H20F4N2O4. The number of ether oxygens (including phenoxy) is 2. The third-order valence-corrected chi connectivity index (χ3v) is 6.42. The molecule has 0 saturated carbocycles. The summed E-state index contributed by atoms with van der Waals surface area (Å²) in [5, 5.41) is 0.870. The Hall–Kier alpha value is -4.34. The van der Waals surface area contributed by atoms with Gasteiger partial charge in [0.05, 0.1) is 13.2 Å². The molecule has 2 atom stereocenters. The smallest absolute Gasteiger partial charge is 0.328 e. The van der Waals surface area contributed by atoms with Crippen LogP contribution in [0, 0.1) is 23.3 Å². The number of esters is 1. The largest absolute Gasteiger partial charge is 0.477 e. The minimum absolute atomic E-state index is 0.0418. The van der Waals surface area contributed by atoms with Crippen LogP contribution in [0.5, 0.6) is 5.75 Å². The normalized spacial score (nSPS) is 16.9. The molecule has 3 aromatic carbocycles. The number of carbonyl (C=O) groups excluding carboxylic acids is 2. The molecule has 0 aliphatic carbocycles. The Balaban J connectivity index is 1.60. The number of halogens is 4. The van der Waals surface area contributed by atoms with Crippen molar-refractivity contribution < 1.29 is 36.6 Å². The van der Waals surface area contributed by atoms with Gasteiger partial charge in [-0.25, -0.2) is 13.6 Å². The third kappa shape index (κ3) is 4.18. The number of para-hydroxylation sites is 1. The Labute approximate surface area is 208 Å². The zero-order chi connectivity index (χ0) is 26.3. The van der Waals surface area contributed by atoms with Crippen molar-refractivity contribution in [2.24, 2.45) is 0 Å². The molecule has 4 aromatic rings. The van der Waals surface area contributed by atoms with Gasteiger partial charge in [0.15, 0.2) is 24.0 Å². The fraction of sp³-hybridized carbons (Fsp3) is 0.185. The second-order valence-corrected chi connectivity index (χ2v) is 8.51. The Morgan fingerprint density at radius 3 is 2.30 bits per heavy atom. The van der Waals surface area contributed by atoms with E-state index in [1.807, 2.05) is 24.3 Å². The van der Waals surface area contributed by atoms with E-state index in [0.29, 0.717) is 11.3 Å². The minimum atomic E-state index is -1.77. The quantitative estimate of drug-likeness (QED) is 0.237. The number of aromatic nitrogens is 1. The highest BCUT2D eigenvalue weighted by Crippen LogP contribution is 2.41. The molecule has 0 bridgehead atoms. The first-order valence-corrected chi connectivity index (χ1v) is 11.3. The molecule has 37 heavy (non-hydrogen) atoms. The molecule has 1 aliphatic heterocycles. The molecular weight excluding hydrogens is 492 g/mol. The van der Waals surface area contributed by atoms with Gasteiger partial charge in [0, 0.05) is 29.1 Å². The molecule has 1 N–H and O–H groups in total. The number of aromatic amines is 1. The van der Waals surface area contributed by atoms with Crippen LogP contribution in [0.1, 0.15) is 22.9 Å². The second kappa shape index (κ2) is 9.61. The highest BCUT2D eigenvalue weighted by Gasteiger charge is 2.44. The maximum absolute atomic E-state index is 14.1. The van der Waals surface area contributed by atoms with E-state index in [-0.39, 0.29) is 12.5 Å².